The summed E-state index contributed by atoms with van der Waals surface area (Å²) >= 11 is 0. The molecule has 17 heavy (non-hydrogen) atoms. The summed E-state index contributed by atoms with van der Waals surface area (Å²) in [5.41, 5.74) is 6.73. The number of benzene rings is 1. The van der Waals surface area contributed by atoms with E-state index in [4.69, 9.17) is 10.5 Å². The number of carbonyl (C=O) groups excluding carboxylic acids is 1. The molecule has 0 aliphatic carbocycles. The normalized spacial score (nSPS) is 20.1. The van der Waals surface area contributed by atoms with E-state index in [1.807, 2.05) is 18.2 Å². The first kappa shape index (κ1) is 12.1. The van der Waals surface area contributed by atoms with Crippen LogP contribution in [0.3, 0.4) is 0 Å². The minimum atomic E-state index is -0.397. The van der Waals surface area contributed by atoms with Gasteiger partial charge in [-0.2, -0.15) is 0 Å². The molecule has 0 aromatic heterocycles. The van der Waals surface area contributed by atoms with Crippen LogP contribution in [0, 0.1) is 0 Å². The van der Waals surface area contributed by atoms with Gasteiger partial charge < -0.3 is 15.8 Å². The monoisotopic (exact) mass is 234 g/mol. The molecule has 2 rings (SSSR count). The third-order valence-corrected chi connectivity index (χ3v) is 3.01. The van der Waals surface area contributed by atoms with Gasteiger partial charge in [-0.25, -0.2) is 0 Å². The van der Waals surface area contributed by atoms with Crippen LogP contribution in [0.4, 0.5) is 0 Å². The Hall–Kier alpha value is -1.39. The van der Waals surface area contributed by atoms with Gasteiger partial charge in [0.1, 0.15) is 0 Å². The zero-order valence-corrected chi connectivity index (χ0v) is 9.82. The van der Waals surface area contributed by atoms with E-state index >= 15 is 0 Å². The number of hydrogen-bond acceptors (Lipinski definition) is 3. The van der Waals surface area contributed by atoms with Crippen LogP contribution in [-0.4, -0.2) is 25.1 Å². The number of ether oxygens (including phenoxy) is 1. The molecule has 0 bridgehead atoms. The summed E-state index contributed by atoms with van der Waals surface area (Å²) in [7, 11) is 0. The van der Waals surface area contributed by atoms with Crippen molar-refractivity contribution in [3.8, 4) is 0 Å². The predicted octanol–water partition coefficient (Wildman–Crippen LogP) is 1.05. The molecule has 1 aromatic rings. The van der Waals surface area contributed by atoms with E-state index < -0.39 is 5.91 Å². The van der Waals surface area contributed by atoms with Crippen molar-refractivity contribution < 1.29 is 9.53 Å². The molecule has 1 aliphatic rings. The average Bonchev–Trinajstić information content (AvgIpc) is 2.38. The predicted molar refractivity (Wildman–Crippen MR) is 65.6 cm³/mol. The molecule has 4 heteroatoms. The Morgan fingerprint density at radius 2 is 2.29 bits per heavy atom. The second-order valence-electron chi connectivity index (χ2n) is 4.30. The van der Waals surface area contributed by atoms with E-state index in [9.17, 15) is 4.79 Å². The standard InChI is InChI=1S/C13H18N2O2/c14-13(16)12-6-2-1-4-10(12)9-17-11-5-3-7-15-8-11/h1-2,4,6,11,15H,3,5,7-9H2,(H2,14,16). The summed E-state index contributed by atoms with van der Waals surface area (Å²) in [6.07, 6.45) is 2.46. The van der Waals surface area contributed by atoms with Crippen LogP contribution in [0.25, 0.3) is 0 Å². The fraction of sp³-hybridized carbons (Fsp3) is 0.462. The zero-order chi connectivity index (χ0) is 12.1. The summed E-state index contributed by atoms with van der Waals surface area (Å²) in [4.78, 5) is 11.2. The van der Waals surface area contributed by atoms with Gasteiger partial charge in [0.15, 0.2) is 0 Å². The highest BCUT2D eigenvalue weighted by atomic mass is 16.5. The molecular weight excluding hydrogens is 216 g/mol. The van der Waals surface area contributed by atoms with Crippen LogP contribution >= 0.6 is 0 Å². The van der Waals surface area contributed by atoms with Crippen LogP contribution < -0.4 is 11.1 Å². The van der Waals surface area contributed by atoms with Crippen molar-refractivity contribution >= 4 is 5.91 Å². The first-order valence-electron chi connectivity index (χ1n) is 5.97. The van der Waals surface area contributed by atoms with Crippen molar-refractivity contribution in [3.63, 3.8) is 0 Å². The van der Waals surface area contributed by atoms with Gasteiger partial charge in [0.25, 0.3) is 0 Å². The highest BCUT2D eigenvalue weighted by molar-refractivity contribution is 5.94. The lowest BCUT2D eigenvalue weighted by molar-refractivity contribution is 0.0249. The lowest BCUT2D eigenvalue weighted by Crippen LogP contribution is -2.35. The number of rotatable bonds is 4. The van der Waals surface area contributed by atoms with E-state index in [1.54, 1.807) is 6.07 Å². The first-order chi connectivity index (χ1) is 8.27. The smallest absolute Gasteiger partial charge is 0.249 e. The Kier molecular flexibility index (Phi) is 4.12. The Morgan fingerprint density at radius 3 is 3.00 bits per heavy atom. The number of nitrogens with one attached hydrogen (secondary N) is 1. The lowest BCUT2D eigenvalue weighted by atomic mass is 10.1. The molecule has 0 spiro atoms. The Morgan fingerprint density at radius 1 is 1.47 bits per heavy atom. The van der Waals surface area contributed by atoms with Crippen molar-refractivity contribution in [3.05, 3.63) is 35.4 Å². The van der Waals surface area contributed by atoms with Gasteiger partial charge in [-0.3, -0.25) is 4.79 Å². The van der Waals surface area contributed by atoms with Gasteiger partial charge in [-0.1, -0.05) is 18.2 Å². The molecule has 4 nitrogen and oxygen atoms in total. The Balaban J connectivity index is 1.96. The summed E-state index contributed by atoms with van der Waals surface area (Å²) in [6.45, 7) is 2.40. The number of carbonyl (C=O) groups is 1. The van der Waals surface area contributed by atoms with Gasteiger partial charge in [0, 0.05) is 12.1 Å². The van der Waals surface area contributed by atoms with Crippen LogP contribution in [0.5, 0.6) is 0 Å². The van der Waals surface area contributed by atoms with Gasteiger partial charge in [-0.05, 0) is 31.0 Å². The molecule has 1 atom stereocenters. The van der Waals surface area contributed by atoms with Crippen LogP contribution in [0.1, 0.15) is 28.8 Å². The second-order valence-corrected chi connectivity index (χ2v) is 4.30. The zero-order valence-electron chi connectivity index (χ0n) is 9.82. The summed E-state index contributed by atoms with van der Waals surface area (Å²) < 4.78 is 5.79. The Labute approximate surface area is 101 Å². The molecule has 1 saturated heterocycles. The maximum Gasteiger partial charge on any atom is 0.249 e. The fourth-order valence-corrected chi connectivity index (χ4v) is 2.06. The number of piperidine rings is 1. The highest BCUT2D eigenvalue weighted by Crippen LogP contribution is 2.13. The van der Waals surface area contributed by atoms with Gasteiger partial charge in [-0.15, -0.1) is 0 Å². The molecule has 92 valence electrons. The quantitative estimate of drug-likeness (QED) is 0.818. The van der Waals surface area contributed by atoms with Crippen molar-refractivity contribution in [2.45, 2.75) is 25.6 Å². The van der Waals surface area contributed by atoms with Crippen molar-refractivity contribution in [1.82, 2.24) is 5.32 Å². The van der Waals surface area contributed by atoms with E-state index in [0.717, 1.165) is 31.5 Å². The first-order valence-corrected chi connectivity index (χ1v) is 5.97. The fourth-order valence-electron chi connectivity index (χ4n) is 2.06. The molecule has 1 heterocycles. The molecule has 1 aliphatic heterocycles. The molecule has 1 unspecified atom stereocenters. The number of amides is 1. The Bertz CT molecular complexity index is 387. The van der Waals surface area contributed by atoms with E-state index in [-0.39, 0.29) is 6.10 Å². The van der Waals surface area contributed by atoms with Gasteiger partial charge >= 0.3 is 0 Å². The topological polar surface area (TPSA) is 64.4 Å². The van der Waals surface area contributed by atoms with Crippen LogP contribution in [0.2, 0.25) is 0 Å². The van der Waals surface area contributed by atoms with E-state index in [2.05, 4.69) is 5.32 Å². The minimum Gasteiger partial charge on any atom is -0.372 e. The summed E-state index contributed by atoms with van der Waals surface area (Å²) in [5, 5.41) is 3.29. The van der Waals surface area contributed by atoms with E-state index in [1.165, 1.54) is 0 Å². The number of nitrogens with two attached hydrogens (primary N) is 1. The third kappa shape index (κ3) is 3.28. The third-order valence-electron chi connectivity index (χ3n) is 3.01. The molecule has 3 N–H and O–H groups in total. The minimum absolute atomic E-state index is 0.240. The maximum absolute atomic E-state index is 11.2. The SMILES string of the molecule is NC(=O)c1ccccc1COC1CCCNC1. The maximum atomic E-state index is 11.2. The summed E-state index contributed by atoms with van der Waals surface area (Å²) in [6, 6.07) is 7.33. The van der Waals surface area contributed by atoms with Crippen molar-refractivity contribution in [2.75, 3.05) is 13.1 Å². The van der Waals surface area contributed by atoms with Gasteiger partial charge in [0.05, 0.1) is 12.7 Å². The average molecular weight is 234 g/mol. The molecular formula is C13H18N2O2. The van der Waals surface area contributed by atoms with Crippen molar-refractivity contribution in [2.24, 2.45) is 5.73 Å². The largest absolute Gasteiger partial charge is 0.372 e. The van der Waals surface area contributed by atoms with Crippen molar-refractivity contribution in [1.29, 1.82) is 0 Å². The lowest BCUT2D eigenvalue weighted by Gasteiger charge is -2.23. The number of primary amides is 1. The van der Waals surface area contributed by atoms with Crippen LogP contribution in [0.15, 0.2) is 24.3 Å². The second kappa shape index (κ2) is 5.80. The molecule has 1 fully saturated rings. The highest BCUT2D eigenvalue weighted by Gasteiger charge is 2.14. The molecule has 0 saturated carbocycles. The number of hydrogen-bond donors (Lipinski definition) is 2. The molecule has 0 radical (unpaired) electrons. The molecule has 1 aromatic carbocycles. The van der Waals surface area contributed by atoms with E-state index in [0.29, 0.717) is 12.2 Å². The molecule has 1 amide bonds. The van der Waals surface area contributed by atoms with Crippen LogP contribution in [-0.2, 0) is 11.3 Å². The van der Waals surface area contributed by atoms with Gasteiger partial charge in [0.2, 0.25) is 5.91 Å². The summed E-state index contributed by atoms with van der Waals surface area (Å²) in [5.74, 6) is -0.397.